The van der Waals surface area contributed by atoms with Crippen molar-refractivity contribution in [3.8, 4) is 32.4 Å². The second-order valence-electron chi connectivity index (χ2n) is 20.9. The lowest BCUT2D eigenvalue weighted by Crippen LogP contribution is -2.50. The molecule has 1 aliphatic carbocycles. The quantitative estimate of drug-likeness (QED) is 0.114. The van der Waals surface area contributed by atoms with Crippen LogP contribution in [0, 0.1) is 39.0 Å². The van der Waals surface area contributed by atoms with E-state index in [0.717, 1.165) is 66.1 Å². The maximum absolute atomic E-state index is 14.7. The van der Waals surface area contributed by atoms with Crippen molar-refractivity contribution in [2.75, 3.05) is 6.54 Å². The van der Waals surface area contributed by atoms with Crippen molar-refractivity contribution in [1.29, 1.82) is 0 Å². The number of ether oxygens (including phenoxy) is 1. The molecule has 378 valence electrons. The van der Waals surface area contributed by atoms with E-state index in [2.05, 4.69) is 63.7 Å². The molecule has 0 unspecified atom stereocenters. The number of thiophene rings is 1. The number of hydrogen-bond acceptors (Lipinski definition) is 12. The van der Waals surface area contributed by atoms with Crippen molar-refractivity contribution in [2.24, 2.45) is 16.3 Å². The van der Waals surface area contributed by atoms with Gasteiger partial charge in [0.15, 0.2) is 5.82 Å². The molecule has 0 radical (unpaired) electrons. The third-order valence-corrected chi connectivity index (χ3v) is 16.8. The van der Waals surface area contributed by atoms with Crippen molar-refractivity contribution < 1.29 is 19.1 Å². The zero-order valence-electron chi connectivity index (χ0n) is 42.5. The summed E-state index contributed by atoms with van der Waals surface area (Å²) in [6, 6.07) is 17.5. The first-order valence-electron chi connectivity index (χ1n) is 24.8. The van der Waals surface area contributed by atoms with Crippen molar-refractivity contribution in [1.82, 2.24) is 50.0 Å². The highest BCUT2D eigenvalue weighted by Crippen LogP contribution is 2.41. The number of nitrogens with one attached hydrogen (secondary N) is 2. The topological polar surface area (TPSA) is 174 Å². The predicted octanol–water partition coefficient (Wildman–Crippen LogP) is 10.3. The minimum absolute atomic E-state index is 0.0772. The van der Waals surface area contributed by atoms with Gasteiger partial charge < -0.3 is 20.3 Å². The molecular formula is C55H60ClN11O4S2. The summed E-state index contributed by atoms with van der Waals surface area (Å²) in [6.07, 6.45) is 7.11. The lowest BCUT2D eigenvalue weighted by molar-refractivity contribution is -0.144. The lowest BCUT2D eigenvalue weighted by Gasteiger charge is -2.35. The van der Waals surface area contributed by atoms with Crippen LogP contribution in [-0.4, -0.2) is 87.6 Å². The largest absolute Gasteiger partial charge is 0.474 e. The summed E-state index contributed by atoms with van der Waals surface area (Å²) in [5.74, 6) is 1.54. The van der Waals surface area contributed by atoms with E-state index >= 15 is 0 Å². The van der Waals surface area contributed by atoms with E-state index in [0.29, 0.717) is 42.5 Å². The number of hydrogen-bond donors (Lipinski definition) is 2. The maximum atomic E-state index is 14.7. The number of halogens is 1. The molecule has 0 bridgehead atoms. The summed E-state index contributed by atoms with van der Waals surface area (Å²) in [5, 5.41) is 21.8. The van der Waals surface area contributed by atoms with E-state index in [-0.39, 0.29) is 48.2 Å². The number of benzene rings is 2. The first-order chi connectivity index (χ1) is 34.9. The normalized spacial score (nSPS) is 20.3. The summed E-state index contributed by atoms with van der Waals surface area (Å²) in [6.45, 7) is 18.7. The zero-order valence-corrected chi connectivity index (χ0v) is 44.9. The smallest absolute Gasteiger partial charge is 0.248 e. The van der Waals surface area contributed by atoms with E-state index in [1.807, 2.05) is 106 Å². The molecule has 73 heavy (non-hydrogen) atoms. The maximum Gasteiger partial charge on any atom is 0.248 e. The molecule has 2 aliphatic heterocycles. The van der Waals surface area contributed by atoms with Gasteiger partial charge >= 0.3 is 0 Å². The first-order valence-corrected chi connectivity index (χ1v) is 26.9. The van der Waals surface area contributed by atoms with Crippen LogP contribution in [0.5, 0.6) is 5.88 Å². The molecule has 0 spiro atoms. The average molecular weight is 1040 g/mol. The fourth-order valence-electron chi connectivity index (χ4n) is 10.3. The van der Waals surface area contributed by atoms with Gasteiger partial charge in [-0.2, -0.15) is 5.10 Å². The van der Waals surface area contributed by atoms with E-state index < -0.39 is 23.5 Å². The van der Waals surface area contributed by atoms with Crippen LogP contribution in [0.3, 0.4) is 0 Å². The number of rotatable bonds is 13. The van der Waals surface area contributed by atoms with Crippen molar-refractivity contribution >= 4 is 57.7 Å². The number of pyridine rings is 1. The Balaban J connectivity index is 0.772. The molecule has 18 heteroatoms. The highest BCUT2D eigenvalue weighted by Gasteiger charge is 2.45. The molecular weight excluding hydrogens is 978 g/mol. The summed E-state index contributed by atoms with van der Waals surface area (Å²) in [4.78, 5) is 60.8. The van der Waals surface area contributed by atoms with E-state index in [1.165, 1.54) is 4.88 Å². The molecule has 7 aromatic rings. The number of carbonyl (C=O) groups excluding carboxylic acids is 3. The standard InChI is InChI=1S/C55H60ClN11O4S2/c1-29-20-44(52(69)60-31(3)35-10-12-37(13-11-35)49-32(4)58-28-72-49)65(26-29)53(70)50(55(7,8)9)66-27-39(25-59-66)38-18-19-57-46(21-38)71-42-22-41(23-42)61-45(68)24-43-51-64-63-34(6)67(51)54-47(30(2)33(5)73-54)48(62-43)36-14-16-40(56)17-15-36/h10-19,21,25,27-29,31,41-44,50H,20,22-24,26H2,1-9H3,(H,60,69)(H,61,68)/t29-,31+,41?,42?,43+,44+,50-/m1/s1. The van der Waals surface area contributed by atoms with Crippen molar-refractivity contribution in [3.63, 3.8) is 0 Å². The van der Waals surface area contributed by atoms with Gasteiger partial charge in [0.25, 0.3) is 0 Å². The number of likely N-dealkylation sites (tertiary alicyclic amines) is 1. The minimum atomic E-state index is -0.675. The van der Waals surface area contributed by atoms with Crippen LogP contribution in [0.4, 0.5) is 0 Å². The molecule has 1 saturated heterocycles. The number of carbonyl (C=O) groups is 3. The predicted molar refractivity (Wildman–Crippen MR) is 286 cm³/mol. The lowest BCUT2D eigenvalue weighted by atomic mass is 9.85. The van der Waals surface area contributed by atoms with Gasteiger partial charge in [0.2, 0.25) is 23.6 Å². The van der Waals surface area contributed by atoms with Gasteiger partial charge in [0, 0.05) is 70.5 Å². The monoisotopic (exact) mass is 1040 g/mol. The molecule has 2 aromatic carbocycles. The molecule has 2 fully saturated rings. The van der Waals surface area contributed by atoms with Crippen LogP contribution < -0.4 is 15.4 Å². The number of thiazole rings is 1. The zero-order chi connectivity index (χ0) is 51.5. The molecule has 10 rings (SSSR count). The van der Waals surface area contributed by atoms with E-state index in [4.69, 9.17) is 26.4 Å². The number of amides is 3. The Bertz CT molecular complexity index is 3240. The van der Waals surface area contributed by atoms with E-state index in [1.54, 1.807) is 44.6 Å². The van der Waals surface area contributed by atoms with Crippen molar-refractivity contribution in [2.45, 2.75) is 124 Å². The van der Waals surface area contributed by atoms with Crippen LogP contribution in [0.25, 0.3) is 26.6 Å². The Hall–Kier alpha value is -6.56. The van der Waals surface area contributed by atoms with Gasteiger partial charge in [0.05, 0.1) is 40.5 Å². The Morgan fingerprint density at radius 1 is 0.918 bits per heavy atom. The van der Waals surface area contributed by atoms with Crippen molar-refractivity contribution in [3.05, 3.63) is 134 Å². The number of fused-ring (bicyclic) bond motifs is 3. The molecule has 15 nitrogen and oxygen atoms in total. The number of nitrogens with zero attached hydrogens (tertiary/aromatic N) is 9. The van der Waals surface area contributed by atoms with Gasteiger partial charge in [-0.3, -0.25) is 28.6 Å². The Kier molecular flexibility index (Phi) is 13.7. The van der Waals surface area contributed by atoms with Crippen LogP contribution in [0.15, 0.2) is 89.8 Å². The van der Waals surface area contributed by atoms with E-state index in [9.17, 15) is 14.4 Å². The molecule has 3 amide bonds. The highest BCUT2D eigenvalue weighted by molar-refractivity contribution is 7.15. The van der Waals surface area contributed by atoms with Gasteiger partial charge in [0.1, 0.15) is 35.1 Å². The molecule has 7 heterocycles. The minimum Gasteiger partial charge on any atom is -0.474 e. The first kappa shape index (κ1) is 50.0. The molecule has 2 N–H and O–H groups in total. The number of aryl methyl sites for hydroxylation is 3. The highest BCUT2D eigenvalue weighted by atomic mass is 35.5. The Labute approximate surface area is 438 Å². The summed E-state index contributed by atoms with van der Waals surface area (Å²) >= 11 is 9.58. The van der Waals surface area contributed by atoms with Crippen LogP contribution in [-0.2, 0) is 14.4 Å². The van der Waals surface area contributed by atoms with Gasteiger partial charge in [-0.15, -0.1) is 32.9 Å². The number of aliphatic imine (C=N–C) groups is 1. The van der Waals surface area contributed by atoms with Crippen LogP contribution in [0.1, 0.15) is 123 Å². The summed E-state index contributed by atoms with van der Waals surface area (Å²) < 4.78 is 10.1. The van der Waals surface area contributed by atoms with Gasteiger partial charge in [-0.25, -0.2) is 9.97 Å². The summed E-state index contributed by atoms with van der Waals surface area (Å²) in [7, 11) is 0. The fraction of sp³-hybridized carbons (Fsp3) is 0.400. The van der Waals surface area contributed by atoms with Crippen LogP contribution in [0.2, 0.25) is 5.02 Å². The van der Waals surface area contributed by atoms with Gasteiger partial charge in [-0.1, -0.05) is 75.7 Å². The number of aromatic nitrogens is 7. The second kappa shape index (κ2) is 20.0. The fourth-order valence-corrected chi connectivity index (χ4v) is 12.4. The second-order valence-corrected chi connectivity index (χ2v) is 23.4. The van der Waals surface area contributed by atoms with Crippen LogP contribution >= 0.6 is 34.3 Å². The molecule has 3 aliphatic rings. The average Bonchev–Trinajstić information content (AvgIpc) is 4.19. The SMILES string of the molecule is Cc1ncsc1-c1ccc([C@H](C)NC(=O)[C@@H]2C[C@@H](C)CN2C(=O)[C@@H](n2cc(-c3ccnc(OC4CC(NC(=O)C[C@@H]5N=C(c6ccc(Cl)cc6)c6c(sc(C)c6C)-n6c(C)nnc65)C4)c3)cn2)C(C)(C)C)cc1. The Morgan fingerprint density at radius 3 is 2.37 bits per heavy atom. The molecule has 5 atom stereocenters. The molecule has 1 saturated carbocycles. The Morgan fingerprint density at radius 2 is 1.66 bits per heavy atom. The molecule has 5 aromatic heterocycles. The third kappa shape index (κ3) is 10.1. The summed E-state index contributed by atoms with van der Waals surface area (Å²) in [5.41, 5.74) is 9.89. The third-order valence-electron chi connectivity index (χ3n) is 14.3. The van der Waals surface area contributed by atoms with Gasteiger partial charge in [-0.05, 0) is 92.8 Å².